The van der Waals surface area contributed by atoms with Crippen molar-refractivity contribution in [3.8, 4) is 0 Å². The van der Waals surface area contributed by atoms with E-state index in [1.807, 2.05) is 44.2 Å². The van der Waals surface area contributed by atoms with Crippen LogP contribution in [0.4, 0.5) is 0 Å². The number of aliphatic hydroxyl groups is 1. The zero-order valence-corrected chi connectivity index (χ0v) is 39.1. The van der Waals surface area contributed by atoms with Crippen LogP contribution in [0.25, 0.3) is 41.0 Å². The van der Waals surface area contributed by atoms with Gasteiger partial charge in [0.25, 0.3) is 0 Å². The fourth-order valence-electron chi connectivity index (χ4n) is 9.40. The van der Waals surface area contributed by atoms with Crippen LogP contribution >= 0.6 is 0 Å². The summed E-state index contributed by atoms with van der Waals surface area (Å²) in [4.78, 5) is 42.2. The van der Waals surface area contributed by atoms with Crippen molar-refractivity contribution >= 4 is 70.6 Å². The van der Waals surface area contributed by atoms with Crippen molar-refractivity contribution in [1.82, 2.24) is 15.0 Å². The summed E-state index contributed by atoms with van der Waals surface area (Å²) >= 11 is 0. The molecule has 6 rings (SSSR count). The molecule has 0 amide bonds. The topological polar surface area (TPSA) is 129 Å². The van der Waals surface area contributed by atoms with Crippen LogP contribution in [0.1, 0.15) is 138 Å². The van der Waals surface area contributed by atoms with Gasteiger partial charge in [0.2, 0.25) is 0 Å². The second-order valence-electron chi connectivity index (χ2n) is 17.6. The molecule has 1 fully saturated rings. The van der Waals surface area contributed by atoms with E-state index >= 15 is 0 Å². The van der Waals surface area contributed by atoms with E-state index in [9.17, 15) is 14.7 Å². The average molecular weight is 825 g/mol. The van der Waals surface area contributed by atoms with Crippen molar-refractivity contribution in [3.05, 3.63) is 95.4 Å². The number of ether oxygens (including phenoxy) is 2. The molecule has 0 aromatic carbocycles. The van der Waals surface area contributed by atoms with Crippen molar-refractivity contribution in [3.63, 3.8) is 0 Å². The summed E-state index contributed by atoms with van der Waals surface area (Å²) in [5.74, 6) is -0.856. The summed E-state index contributed by atoms with van der Waals surface area (Å²) in [5.41, 5.74) is 9.72. The van der Waals surface area contributed by atoms with Gasteiger partial charge in [0, 0.05) is 11.6 Å². The third-order valence-corrected chi connectivity index (χ3v) is 13.1. The predicted octanol–water partition coefficient (Wildman–Crippen LogP) is 6.85. The predicted molar refractivity (Wildman–Crippen MR) is 243 cm³/mol. The van der Waals surface area contributed by atoms with Crippen LogP contribution in [-0.2, 0) is 25.5 Å². The molecule has 2 aliphatic heterocycles. The Morgan fingerprint density at radius 3 is 2.30 bits per heavy atom. The number of aliphatic hydroxyl groups excluding tert-OH is 1. The molecular weight excluding hydrogens is 761 g/mol. The zero-order chi connectivity index (χ0) is 42.7. The van der Waals surface area contributed by atoms with Gasteiger partial charge in [-0.05, 0) is 88.7 Å². The maximum absolute atomic E-state index is 13.6. The monoisotopic (exact) mass is 824 g/mol. The van der Waals surface area contributed by atoms with Gasteiger partial charge in [-0.25, -0.2) is 0 Å². The minimum atomic E-state index is -1.07. The summed E-state index contributed by atoms with van der Waals surface area (Å²) in [6.07, 6.45) is 18.5. The molecule has 3 aliphatic rings. The molecule has 0 radical (unpaired) electrons. The second kappa shape index (κ2) is 20.1. The largest absolute Gasteiger partial charge is 2.00 e. The molecule has 5 atom stereocenters. The summed E-state index contributed by atoms with van der Waals surface area (Å²) in [6.45, 7) is 23.7. The van der Waals surface area contributed by atoms with E-state index in [-0.39, 0.29) is 59.6 Å². The summed E-state index contributed by atoms with van der Waals surface area (Å²) in [7, 11) is 1.33. The molecule has 60 heavy (non-hydrogen) atoms. The number of hydrogen-bond acceptors (Lipinski definition) is 5. The van der Waals surface area contributed by atoms with E-state index in [0.717, 1.165) is 86.7 Å². The third kappa shape index (κ3) is 9.65. The summed E-state index contributed by atoms with van der Waals surface area (Å²) in [5, 5.41) is 19.9. The van der Waals surface area contributed by atoms with Gasteiger partial charge >= 0.3 is 35.0 Å². The van der Waals surface area contributed by atoms with Crippen LogP contribution in [0.2, 0.25) is 0 Å². The number of aromatic nitrogens is 3. The Balaban J connectivity index is 0.00000683. The van der Waals surface area contributed by atoms with Crippen molar-refractivity contribution in [1.29, 1.82) is 0 Å². The van der Waals surface area contributed by atoms with Gasteiger partial charge in [-0.2, -0.15) is 5.70 Å². The Morgan fingerprint density at radius 2 is 1.62 bits per heavy atom. The van der Waals surface area contributed by atoms with E-state index < -0.39 is 17.9 Å². The van der Waals surface area contributed by atoms with Crippen LogP contribution in [0, 0.1) is 50.4 Å². The number of esters is 2. The molecule has 10 heteroatoms. The minimum Gasteiger partial charge on any atom is -0.681 e. The smallest absolute Gasteiger partial charge is 0.681 e. The third-order valence-electron chi connectivity index (χ3n) is 13.1. The minimum absolute atomic E-state index is 0. The summed E-state index contributed by atoms with van der Waals surface area (Å²) < 4.78 is 11.1. The van der Waals surface area contributed by atoms with Gasteiger partial charge in [-0.15, -0.1) is 33.1 Å². The number of allylic oxidation sites excluding steroid dienone is 2. The maximum Gasteiger partial charge on any atom is 2.00 e. The standard InChI is InChI=1S/C50H64N4O5.Mg/c1-12-34-30(7)37-24-39-32(9)36(20-21-43(55)59-23-22-29(6)19-15-18-28(5)17-14-16-27(3)4)47(53-39)45-46(50(57)58-11)49(56)44-33(10)40(54-48(44)45)26-42-35(13-2)31(8)38(52-42)25-41(34)51-37;/h12,22,24-28,32,36,46-47,56H,1,13-21,23H2,2-11H3;/q-4;+2/b29-22-,38-25-,39-24-,42-26-;/t28-,32+,36+,46-,47?;/m1./s1. The zero-order valence-electron chi connectivity index (χ0n) is 37.7. The molecule has 9 nitrogen and oxygen atoms in total. The Bertz CT molecular complexity index is 2410. The molecule has 3 aromatic heterocycles. The van der Waals surface area contributed by atoms with Crippen LogP contribution in [0.15, 0.2) is 23.9 Å². The van der Waals surface area contributed by atoms with Gasteiger partial charge in [0.1, 0.15) is 18.3 Å². The molecular formula is C50H64MgN4O5-2. The first-order chi connectivity index (χ1) is 28.2. The number of carbonyl (C=O) groups is 2. The van der Waals surface area contributed by atoms with Crippen LogP contribution < -0.4 is 36.2 Å². The van der Waals surface area contributed by atoms with Crippen molar-refractivity contribution < 1.29 is 24.2 Å². The Labute approximate surface area is 372 Å². The average Bonchev–Trinajstić information content (AvgIpc) is 3.94. The Morgan fingerprint density at radius 1 is 0.917 bits per heavy atom. The van der Waals surface area contributed by atoms with E-state index in [4.69, 9.17) is 29.7 Å². The molecule has 1 saturated heterocycles. The number of fused-ring (bicyclic) bond motifs is 8. The van der Waals surface area contributed by atoms with E-state index in [1.54, 1.807) is 0 Å². The van der Waals surface area contributed by atoms with Crippen LogP contribution in [0.5, 0.6) is 0 Å². The Kier molecular flexibility index (Phi) is 15.7. The van der Waals surface area contributed by atoms with E-state index in [1.165, 1.54) is 38.4 Å². The molecule has 318 valence electrons. The van der Waals surface area contributed by atoms with Gasteiger partial charge in [-0.1, -0.05) is 131 Å². The van der Waals surface area contributed by atoms with Gasteiger partial charge < -0.3 is 34.8 Å². The van der Waals surface area contributed by atoms with Crippen molar-refractivity contribution in [2.45, 2.75) is 126 Å². The SMILES string of the molecule is C=Cc1c2[n-]c(c1C)/C=C1\[N-]C(C3=c4[n-]c(c(C)c4=C(O)[C@@H]3C(=O)OC)/C=c3\[n-]/c(c(C)c3CC)=C\2)[C@@H](CCC(=O)OC/C=C(/C)CCC[C@H](C)CCCC(C)C)[C@@H]1C.[Mg+2]. The first-order valence-electron chi connectivity index (χ1n) is 21.8. The normalized spacial score (nSPS) is 21.9. The quantitative estimate of drug-likeness (QED) is 0.0944. The van der Waals surface area contributed by atoms with E-state index in [0.29, 0.717) is 28.3 Å². The number of rotatable bonds is 16. The van der Waals surface area contributed by atoms with Gasteiger partial charge in [-0.3, -0.25) is 9.59 Å². The Hall–Kier alpha value is -4.15. The molecule has 5 heterocycles. The molecule has 0 saturated carbocycles. The van der Waals surface area contributed by atoms with Crippen molar-refractivity contribution in [2.75, 3.05) is 13.7 Å². The summed E-state index contributed by atoms with van der Waals surface area (Å²) in [6, 6.07) is -0.571. The molecule has 8 bridgehead atoms. The molecule has 1 aliphatic carbocycles. The van der Waals surface area contributed by atoms with Gasteiger partial charge in [0.05, 0.1) is 7.11 Å². The fourth-order valence-corrected chi connectivity index (χ4v) is 9.40. The number of carbonyl (C=O) groups excluding carboxylic acids is 2. The van der Waals surface area contributed by atoms with E-state index in [2.05, 4.69) is 55.0 Å². The molecule has 0 spiro atoms. The molecule has 1 N–H and O–H groups in total. The fraction of sp³-hybridized carbons (Fsp3) is 0.520. The molecule has 1 unspecified atom stereocenters. The second-order valence-corrected chi connectivity index (χ2v) is 17.6. The number of methoxy groups -OCH3 is 1. The van der Waals surface area contributed by atoms with Crippen LogP contribution in [0.3, 0.4) is 0 Å². The maximum atomic E-state index is 13.6. The molecule has 3 aromatic rings. The first kappa shape index (κ1) is 46.9. The number of hydrogen-bond donors (Lipinski definition) is 1. The number of nitrogens with zero attached hydrogens (tertiary/aromatic N) is 4. The van der Waals surface area contributed by atoms with Crippen LogP contribution in [-0.4, -0.2) is 59.9 Å². The first-order valence-corrected chi connectivity index (χ1v) is 21.8. The van der Waals surface area contributed by atoms with Crippen molar-refractivity contribution in [2.24, 2.45) is 29.6 Å². The van der Waals surface area contributed by atoms with Gasteiger partial charge in [0.15, 0.2) is 0 Å².